The summed E-state index contributed by atoms with van der Waals surface area (Å²) in [7, 11) is -3.65. The van der Waals surface area contributed by atoms with Crippen molar-refractivity contribution in [3.8, 4) is 0 Å². The summed E-state index contributed by atoms with van der Waals surface area (Å²) in [4.78, 5) is 12.9. The summed E-state index contributed by atoms with van der Waals surface area (Å²) >= 11 is 0. The third-order valence-corrected chi connectivity index (χ3v) is 9.37. The van der Waals surface area contributed by atoms with Crippen LogP contribution in [0.5, 0.6) is 0 Å². The van der Waals surface area contributed by atoms with Crippen LogP contribution in [-0.4, -0.2) is 31.2 Å². The Balaban J connectivity index is 1.39. The maximum absolute atomic E-state index is 13.8. The fourth-order valence-electron chi connectivity index (χ4n) is 5.16. The minimum Gasteiger partial charge on any atom is -0.353 e. The molecule has 38 heavy (non-hydrogen) atoms. The lowest BCUT2D eigenvalue weighted by molar-refractivity contribution is -0.121. The molecule has 202 valence electrons. The van der Waals surface area contributed by atoms with Crippen LogP contribution in [-0.2, 0) is 27.8 Å². The fraction of sp³-hybridized carbons (Fsp3) is 0.406. The maximum atomic E-state index is 13.8. The number of benzene rings is 3. The smallest absolute Gasteiger partial charge is 0.243 e. The normalized spacial score (nSPS) is 18.0. The number of sulfonamides is 1. The summed E-state index contributed by atoms with van der Waals surface area (Å²) in [6, 6.07) is 25.3. The van der Waals surface area contributed by atoms with Gasteiger partial charge in [-0.2, -0.15) is 4.31 Å². The summed E-state index contributed by atoms with van der Waals surface area (Å²) in [5.41, 5.74) is 4.31. The summed E-state index contributed by atoms with van der Waals surface area (Å²) in [5, 5.41) is 3.20. The number of nitrogens with zero attached hydrogens (tertiary/aromatic N) is 1. The number of aryl methyl sites for hydroxylation is 1. The molecular formula is C32H40N2O3S. The number of hydrogen-bond acceptors (Lipinski definition) is 3. The summed E-state index contributed by atoms with van der Waals surface area (Å²) in [6.45, 7) is 7.07. The van der Waals surface area contributed by atoms with Gasteiger partial charge in [-0.05, 0) is 73.3 Å². The van der Waals surface area contributed by atoms with Crippen LogP contribution >= 0.6 is 0 Å². The van der Waals surface area contributed by atoms with Crippen molar-refractivity contribution in [2.24, 2.45) is 5.92 Å². The maximum Gasteiger partial charge on any atom is 0.243 e. The molecule has 1 aliphatic carbocycles. The van der Waals surface area contributed by atoms with Crippen molar-refractivity contribution >= 4 is 15.9 Å². The average Bonchev–Trinajstić information content (AvgIpc) is 2.91. The van der Waals surface area contributed by atoms with Gasteiger partial charge < -0.3 is 5.32 Å². The van der Waals surface area contributed by atoms with Gasteiger partial charge >= 0.3 is 0 Å². The van der Waals surface area contributed by atoms with E-state index in [-0.39, 0.29) is 17.9 Å². The van der Waals surface area contributed by atoms with Gasteiger partial charge in [-0.25, -0.2) is 8.42 Å². The van der Waals surface area contributed by atoms with E-state index in [1.807, 2.05) is 73.7 Å². The van der Waals surface area contributed by atoms with Crippen molar-refractivity contribution in [3.63, 3.8) is 0 Å². The molecule has 0 unspecified atom stereocenters. The van der Waals surface area contributed by atoms with E-state index in [2.05, 4.69) is 19.2 Å². The standard InChI is InChI=1S/C32H40N2O3S/c1-24(2)29-15-19-31(20-16-29)38(36,37)34(22-27-7-5-4-6-8-27)23-28-13-17-30(18-14-28)33-32(35)21-26-11-9-25(3)10-12-26/h4-12,15-16,19-20,24,28,30H,13-14,17-18,21-23H2,1-3H3,(H,33,35). The Kier molecular flexibility index (Phi) is 9.40. The number of carbonyl (C=O) groups is 1. The van der Waals surface area contributed by atoms with Crippen LogP contribution in [0.3, 0.4) is 0 Å². The van der Waals surface area contributed by atoms with E-state index in [9.17, 15) is 13.2 Å². The van der Waals surface area contributed by atoms with Crippen molar-refractivity contribution in [2.45, 2.75) is 76.3 Å². The Labute approximate surface area is 228 Å². The van der Waals surface area contributed by atoms with Crippen molar-refractivity contribution in [1.29, 1.82) is 0 Å². The minimum absolute atomic E-state index is 0.0513. The van der Waals surface area contributed by atoms with Crippen molar-refractivity contribution < 1.29 is 13.2 Å². The van der Waals surface area contributed by atoms with E-state index in [1.54, 1.807) is 16.4 Å². The molecule has 0 bridgehead atoms. The highest BCUT2D eigenvalue weighted by molar-refractivity contribution is 7.89. The lowest BCUT2D eigenvalue weighted by atomic mass is 9.86. The third kappa shape index (κ3) is 7.55. The molecule has 1 aliphatic rings. The van der Waals surface area contributed by atoms with E-state index in [1.165, 1.54) is 5.56 Å². The molecule has 0 heterocycles. The van der Waals surface area contributed by atoms with Gasteiger partial charge in [0.15, 0.2) is 0 Å². The molecule has 0 aromatic heterocycles. The van der Waals surface area contributed by atoms with E-state index in [0.29, 0.717) is 30.3 Å². The average molecular weight is 533 g/mol. The van der Waals surface area contributed by atoms with Crippen molar-refractivity contribution in [1.82, 2.24) is 9.62 Å². The molecule has 3 aromatic rings. The Morgan fingerprint density at radius 1 is 0.868 bits per heavy atom. The van der Waals surface area contributed by atoms with E-state index in [0.717, 1.165) is 42.4 Å². The monoisotopic (exact) mass is 532 g/mol. The van der Waals surface area contributed by atoms with E-state index in [4.69, 9.17) is 0 Å². The molecule has 1 N–H and O–H groups in total. The largest absolute Gasteiger partial charge is 0.353 e. The van der Waals surface area contributed by atoms with Gasteiger partial charge in [0.25, 0.3) is 0 Å². The molecule has 6 heteroatoms. The predicted molar refractivity (Wildman–Crippen MR) is 153 cm³/mol. The first-order valence-corrected chi connectivity index (χ1v) is 15.1. The van der Waals surface area contributed by atoms with Crippen LogP contribution < -0.4 is 5.32 Å². The number of rotatable bonds is 10. The molecule has 0 radical (unpaired) electrons. The van der Waals surface area contributed by atoms with Crippen LogP contribution in [0.2, 0.25) is 0 Å². The fourth-order valence-corrected chi connectivity index (χ4v) is 6.66. The van der Waals surface area contributed by atoms with Crippen molar-refractivity contribution in [2.75, 3.05) is 6.54 Å². The van der Waals surface area contributed by atoms with Crippen LogP contribution in [0.4, 0.5) is 0 Å². The molecule has 0 aliphatic heterocycles. The van der Waals surface area contributed by atoms with E-state index < -0.39 is 10.0 Å². The van der Waals surface area contributed by atoms with Crippen LogP contribution in [0.1, 0.15) is 67.7 Å². The van der Waals surface area contributed by atoms with Gasteiger partial charge in [0, 0.05) is 19.1 Å². The van der Waals surface area contributed by atoms with E-state index >= 15 is 0 Å². The Bertz CT molecular complexity index is 1280. The second-order valence-corrected chi connectivity index (χ2v) is 12.9. The first-order chi connectivity index (χ1) is 18.2. The molecule has 0 atom stereocenters. The molecule has 0 saturated heterocycles. The third-order valence-electron chi connectivity index (χ3n) is 7.55. The van der Waals surface area contributed by atoms with Crippen LogP contribution in [0.25, 0.3) is 0 Å². The minimum atomic E-state index is -3.65. The lowest BCUT2D eigenvalue weighted by Gasteiger charge is -2.33. The van der Waals surface area contributed by atoms with Gasteiger partial charge in [0.1, 0.15) is 0 Å². The second kappa shape index (κ2) is 12.7. The van der Waals surface area contributed by atoms with Crippen molar-refractivity contribution in [3.05, 3.63) is 101 Å². The summed E-state index contributed by atoms with van der Waals surface area (Å²) in [5.74, 6) is 0.656. The topological polar surface area (TPSA) is 66.5 Å². The number of hydrogen-bond donors (Lipinski definition) is 1. The van der Waals surface area contributed by atoms with Crippen LogP contribution in [0.15, 0.2) is 83.8 Å². The number of nitrogens with one attached hydrogen (secondary N) is 1. The molecule has 0 spiro atoms. The zero-order chi connectivity index (χ0) is 27.1. The summed E-state index contributed by atoms with van der Waals surface area (Å²) in [6.07, 6.45) is 3.91. The van der Waals surface area contributed by atoms with Gasteiger partial charge in [0.05, 0.1) is 11.3 Å². The van der Waals surface area contributed by atoms with Crippen LogP contribution in [0, 0.1) is 12.8 Å². The summed E-state index contributed by atoms with van der Waals surface area (Å²) < 4.78 is 29.2. The highest BCUT2D eigenvalue weighted by Gasteiger charge is 2.30. The van der Waals surface area contributed by atoms with Gasteiger partial charge in [-0.15, -0.1) is 0 Å². The van der Waals surface area contributed by atoms with Gasteiger partial charge in [-0.3, -0.25) is 4.79 Å². The Morgan fingerprint density at radius 2 is 1.50 bits per heavy atom. The highest BCUT2D eigenvalue weighted by Crippen LogP contribution is 2.29. The highest BCUT2D eigenvalue weighted by atomic mass is 32.2. The Morgan fingerprint density at radius 3 is 2.11 bits per heavy atom. The lowest BCUT2D eigenvalue weighted by Crippen LogP contribution is -2.41. The first kappa shape index (κ1) is 28.1. The SMILES string of the molecule is Cc1ccc(CC(=O)NC2CCC(CN(Cc3ccccc3)S(=O)(=O)c3ccc(C(C)C)cc3)CC2)cc1. The molecule has 1 amide bonds. The zero-order valence-corrected chi connectivity index (χ0v) is 23.6. The molecule has 1 fully saturated rings. The molecule has 3 aromatic carbocycles. The van der Waals surface area contributed by atoms with Gasteiger partial charge in [-0.1, -0.05) is 86.1 Å². The first-order valence-electron chi connectivity index (χ1n) is 13.7. The molecule has 4 rings (SSSR count). The molecule has 5 nitrogen and oxygen atoms in total. The quantitative estimate of drug-likeness (QED) is 0.337. The number of amides is 1. The predicted octanol–water partition coefficient (Wildman–Crippen LogP) is 6.23. The second-order valence-electron chi connectivity index (χ2n) is 11.0. The number of carbonyl (C=O) groups excluding carboxylic acids is 1. The molecular weight excluding hydrogens is 492 g/mol. The Hall–Kier alpha value is -2.96. The molecule has 1 saturated carbocycles. The zero-order valence-electron chi connectivity index (χ0n) is 22.8. The van der Waals surface area contributed by atoms with Gasteiger partial charge in [0.2, 0.25) is 15.9 Å².